The molecule has 0 bridgehead atoms. The van der Waals surface area contributed by atoms with Gasteiger partial charge in [-0.15, -0.1) is 24.8 Å². The Hall–Kier alpha value is -0.900. The summed E-state index contributed by atoms with van der Waals surface area (Å²) in [6.45, 7) is 5.06. The Labute approximate surface area is 173 Å². The van der Waals surface area contributed by atoms with Gasteiger partial charge in [0.15, 0.2) is 0 Å². The van der Waals surface area contributed by atoms with Gasteiger partial charge in [-0.3, -0.25) is 9.69 Å². The molecule has 154 valence electrons. The van der Waals surface area contributed by atoms with Crippen LogP contribution in [0.15, 0.2) is 29.2 Å². The Morgan fingerprint density at radius 1 is 0.963 bits per heavy atom. The molecule has 2 fully saturated rings. The van der Waals surface area contributed by atoms with Crippen molar-refractivity contribution in [2.45, 2.75) is 24.2 Å². The summed E-state index contributed by atoms with van der Waals surface area (Å²) >= 11 is 0. The molecule has 0 saturated carbocycles. The lowest BCUT2D eigenvalue weighted by Crippen LogP contribution is -2.46. The van der Waals surface area contributed by atoms with Gasteiger partial charge >= 0.3 is 0 Å². The number of hydrogen-bond acceptors (Lipinski definition) is 5. The fourth-order valence-electron chi connectivity index (χ4n) is 3.24. The van der Waals surface area contributed by atoms with Crippen molar-refractivity contribution in [3.8, 4) is 0 Å². The van der Waals surface area contributed by atoms with E-state index in [-0.39, 0.29) is 35.6 Å². The van der Waals surface area contributed by atoms with Gasteiger partial charge in [-0.1, -0.05) is 6.42 Å². The largest absolute Gasteiger partial charge is 0.325 e. The minimum absolute atomic E-state index is 0. The molecule has 2 N–H and O–H groups in total. The highest BCUT2D eigenvalue weighted by Gasteiger charge is 2.25. The molecule has 0 spiro atoms. The van der Waals surface area contributed by atoms with Crippen LogP contribution in [-0.4, -0.2) is 69.3 Å². The molecule has 10 heteroatoms. The van der Waals surface area contributed by atoms with E-state index < -0.39 is 10.0 Å². The number of carbonyl (C=O) groups is 1. The lowest BCUT2D eigenvalue weighted by molar-refractivity contribution is -0.117. The third-order valence-corrected chi connectivity index (χ3v) is 6.58. The number of sulfonamides is 1. The maximum Gasteiger partial charge on any atom is 0.243 e. The summed E-state index contributed by atoms with van der Waals surface area (Å²) in [6.07, 6.45) is 2.92. The fraction of sp³-hybridized carbons (Fsp3) is 0.588. The van der Waals surface area contributed by atoms with Crippen LogP contribution >= 0.6 is 24.8 Å². The third kappa shape index (κ3) is 6.58. The molecule has 0 unspecified atom stereocenters. The van der Waals surface area contributed by atoms with Gasteiger partial charge in [0.25, 0.3) is 0 Å². The van der Waals surface area contributed by atoms with E-state index in [4.69, 9.17) is 0 Å². The van der Waals surface area contributed by atoms with Crippen molar-refractivity contribution >= 4 is 46.4 Å². The zero-order valence-corrected chi connectivity index (χ0v) is 17.7. The SMILES string of the molecule is Cl.Cl.O=C(CN1CCNCC1)Nc1ccc(S(=O)(=O)N2CCCCC2)cc1. The second-order valence-electron chi connectivity index (χ2n) is 6.56. The molecule has 3 rings (SSSR count). The summed E-state index contributed by atoms with van der Waals surface area (Å²) in [7, 11) is -3.42. The molecule has 1 aromatic carbocycles. The first kappa shape index (κ1) is 24.1. The second kappa shape index (κ2) is 11.2. The van der Waals surface area contributed by atoms with Gasteiger partial charge in [0, 0.05) is 45.0 Å². The number of hydrogen-bond donors (Lipinski definition) is 2. The van der Waals surface area contributed by atoms with Crippen molar-refractivity contribution in [2.75, 3.05) is 51.1 Å². The van der Waals surface area contributed by atoms with Crippen molar-refractivity contribution in [1.82, 2.24) is 14.5 Å². The minimum Gasteiger partial charge on any atom is -0.325 e. The van der Waals surface area contributed by atoms with Crippen LogP contribution < -0.4 is 10.6 Å². The van der Waals surface area contributed by atoms with Crippen LogP contribution in [0, 0.1) is 0 Å². The topological polar surface area (TPSA) is 81.8 Å². The van der Waals surface area contributed by atoms with Crippen LogP contribution in [0.1, 0.15) is 19.3 Å². The maximum absolute atomic E-state index is 12.6. The summed E-state index contributed by atoms with van der Waals surface area (Å²) in [5.74, 6) is -0.0754. The first-order chi connectivity index (χ1) is 12.1. The normalized spacial score (nSPS) is 18.8. The number of amides is 1. The second-order valence-corrected chi connectivity index (χ2v) is 8.50. The van der Waals surface area contributed by atoms with Crippen molar-refractivity contribution in [1.29, 1.82) is 0 Å². The van der Waals surface area contributed by atoms with E-state index in [1.54, 1.807) is 28.6 Å². The number of anilines is 1. The predicted octanol–water partition coefficient (Wildman–Crippen LogP) is 1.55. The van der Waals surface area contributed by atoms with Crippen LogP contribution in [0.25, 0.3) is 0 Å². The van der Waals surface area contributed by atoms with E-state index in [0.29, 0.717) is 25.3 Å². The molecule has 0 aliphatic carbocycles. The van der Waals surface area contributed by atoms with E-state index in [1.807, 2.05) is 0 Å². The van der Waals surface area contributed by atoms with Crippen LogP contribution in [-0.2, 0) is 14.8 Å². The number of piperazine rings is 1. The van der Waals surface area contributed by atoms with Gasteiger partial charge in [0.2, 0.25) is 15.9 Å². The maximum atomic E-state index is 12.6. The Kier molecular flexibility index (Phi) is 10.0. The van der Waals surface area contributed by atoms with Crippen molar-refractivity contribution < 1.29 is 13.2 Å². The Bertz CT molecular complexity index is 689. The molecule has 2 heterocycles. The molecule has 7 nitrogen and oxygen atoms in total. The molecule has 27 heavy (non-hydrogen) atoms. The average Bonchev–Trinajstić information content (AvgIpc) is 2.63. The third-order valence-electron chi connectivity index (χ3n) is 4.67. The number of benzene rings is 1. The van der Waals surface area contributed by atoms with Crippen LogP contribution in [0.4, 0.5) is 5.69 Å². The van der Waals surface area contributed by atoms with E-state index >= 15 is 0 Å². The zero-order chi connectivity index (χ0) is 17.7. The van der Waals surface area contributed by atoms with Crippen LogP contribution in [0.5, 0.6) is 0 Å². The van der Waals surface area contributed by atoms with E-state index in [1.165, 1.54) is 0 Å². The summed E-state index contributed by atoms with van der Waals surface area (Å²) in [4.78, 5) is 14.5. The summed E-state index contributed by atoms with van der Waals surface area (Å²) < 4.78 is 26.8. The first-order valence-corrected chi connectivity index (χ1v) is 10.3. The lowest BCUT2D eigenvalue weighted by Gasteiger charge is -2.26. The predicted molar refractivity (Wildman–Crippen MR) is 111 cm³/mol. The highest BCUT2D eigenvalue weighted by Crippen LogP contribution is 2.22. The lowest BCUT2D eigenvalue weighted by atomic mass is 10.2. The molecule has 1 amide bonds. The highest BCUT2D eigenvalue weighted by molar-refractivity contribution is 7.89. The first-order valence-electron chi connectivity index (χ1n) is 8.89. The standard InChI is InChI=1S/C17H26N4O3S.2ClH/c22-17(14-20-12-8-18-9-13-20)19-15-4-6-16(7-5-15)25(23,24)21-10-2-1-3-11-21;;/h4-7,18H,1-3,8-14H2,(H,19,22);2*1H. The minimum atomic E-state index is -3.42. The van der Waals surface area contributed by atoms with Gasteiger partial charge in [0.05, 0.1) is 11.4 Å². The summed E-state index contributed by atoms with van der Waals surface area (Å²) in [5.41, 5.74) is 0.623. The van der Waals surface area contributed by atoms with Crippen molar-refractivity contribution in [3.63, 3.8) is 0 Å². The fourth-order valence-corrected chi connectivity index (χ4v) is 4.75. The summed E-state index contributed by atoms with van der Waals surface area (Å²) in [5, 5.41) is 6.09. The van der Waals surface area contributed by atoms with Crippen molar-refractivity contribution in [2.24, 2.45) is 0 Å². The van der Waals surface area contributed by atoms with Gasteiger partial charge in [-0.05, 0) is 37.1 Å². The Morgan fingerprint density at radius 2 is 1.56 bits per heavy atom. The van der Waals surface area contributed by atoms with Gasteiger partial charge in [0.1, 0.15) is 0 Å². The number of halogens is 2. The van der Waals surface area contributed by atoms with Crippen LogP contribution in [0.3, 0.4) is 0 Å². The van der Waals surface area contributed by atoms with Crippen molar-refractivity contribution in [3.05, 3.63) is 24.3 Å². The number of piperidine rings is 1. The van der Waals surface area contributed by atoms with E-state index in [2.05, 4.69) is 15.5 Å². The monoisotopic (exact) mass is 438 g/mol. The Morgan fingerprint density at radius 3 is 2.15 bits per heavy atom. The van der Waals surface area contributed by atoms with Gasteiger partial charge in [-0.2, -0.15) is 4.31 Å². The number of nitrogens with zero attached hydrogens (tertiary/aromatic N) is 2. The number of rotatable bonds is 5. The zero-order valence-electron chi connectivity index (χ0n) is 15.2. The van der Waals surface area contributed by atoms with Gasteiger partial charge < -0.3 is 10.6 Å². The highest BCUT2D eigenvalue weighted by atomic mass is 35.5. The molecule has 1 aromatic rings. The number of carbonyl (C=O) groups excluding carboxylic acids is 1. The quantitative estimate of drug-likeness (QED) is 0.728. The van der Waals surface area contributed by atoms with E-state index in [0.717, 1.165) is 45.4 Å². The molecule has 0 atom stereocenters. The molecule has 0 aromatic heterocycles. The molecular weight excluding hydrogens is 411 g/mol. The molecule has 2 saturated heterocycles. The van der Waals surface area contributed by atoms with Gasteiger partial charge in [-0.25, -0.2) is 8.42 Å². The molecule has 0 radical (unpaired) electrons. The molecular formula is C17H28Cl2N4O3S. The Balaban J connectivity index is 0.00000182. The number of nitrogens with one attached hydrogen (secondary N) is 2. The molecule has 2 aliphatic rings. The molecule has 2 aliphatic heterocycles. The van der Waals surface area contributed by atoms with E-state index in [9.17, 15) is 13.2 Å². The average molecular weight is 439 g/mol. The smallest absolute Gasteiger partial charge is 0.243 e. The summed E-state index contributed by atoms with van der Waals surface area (Å²) in [6, 6.07) is 6.47. The van der Waals surface area contributed by atoms with Crippen LogP contribution in [0.2, 0.25) is 0 Å².